The quantitative estimate of drug-likeness (QED) is 0.235. The number of pyridine rings is 1. The van der Waals surface area contributed by atoms with Crippen LogP contribution in [0.2, 0.25) is 5.02 Å². The van der Waals surface area contributed by atoms with Crippen molar-refractivity contribution in [2.45, 2.75) is 35.4 Å². The van der Waals surface area contributed by atoms with E-state index in [-0.39, 0.29) is 24.4 Å². The third kappa shape index (κ3) is 6.15. The highest BCUT2D eigenvalue weighted by molar-refractivity contribution is 7.99. The number of halogens is 1. The third-order valence-corrected chi connectivity index (χ3v) is 7.54. The van der Waals surface area contributed by atoms with Crippen LogP contribution < -0.4 is 10.6 Å². The van der Waals surface area contributed by atoms with Crippen molar-refractivity contribution in [2.24, 2.45) is 0 Å². The maximum atomic E-state index is 12.8. The first-order valence-corrected chi connectivity index (χ1v) is 13.4. The smallest absolute Gasteiger partial charge is 0.226 e. The van der Waals surface area contributed by atoms with Crippen LogP contribution >= 0.6 is 35.6 Å². The van der Waals surface area contributed by atoms with E-state index >= 15 is 0 Å². The van der Waals surface area contributed by atoms with E-state index in [1.165, 1.54) is 11.8 Å². The van der Waals surface area contributed by atoms with Gasteiger partial charge in [0.2, 0.25) is 5.91 Å². The van der Waals surface area contributed by atoms with Crippen LogP contribution in [-0.2, 0) is 4.79 Å². The van der Waals surface area contributed by atoms with E-state index in [0.717, 1.165) is 32.7 Å². The van der Waals surface area contributed by atoms with Gasteiger partial charge in [-0.15, -0.1) is 0 Å². The summed E-state index contributed by atoms with van der Waals surface area (Å²) in [6.45, 7) is 2.42. The Balaban J connectivity index is 1.35. The number of thiocarbonyl (C=S) groups is 1. The number of anilines is 1. The summed E-state index contributed by atoms with van der Waals surface area (Å²) >= 11 is 13.3. The number of benzene rings is 2. The van der Waals surface area contributed by atoms with Crippen LogP contribution in [0.5, 0.6) is 0 Å². The minimum Gasteiger partial charge on any atom is -0.452 e. The molecule has 0 radical (unpaired) electrons. The Bertz CT molecular complexity index is 1390. The topological polar surface area (TPSA) is 70.4 Å². The summed E-state index contributed by atoms with van der Waals surface area (Å²) < 4.78 is 6.31. The Labute approximate surface area is 230 Å². The van der Waals surface area contributed by atoms with Crippen LogP contribution in [0.25, 0.3) is 0 Å². The maximum absolute atomic E-state index is 12.8. The largest absolute Gasteiger partial charge is 0.452 e. The van der Waals surface area contributed by atoms with Gasteiger partial charge in [0.1, 0.15) is 11.8 Å². The van der Waals surface area contributed by atoms with E-state index < -0.39 is 0 Å². The molecule has 1 amide bonds. The molecule has 1 fully saturated rings. The van der Waals surface area contributed by atoms with E-state index in [9.17, 15) is 4.79 Å². The second kappa shape index (κ2) is 11.4. The normalized spacial score (nSPS) is 17.0. The Morgan fingerprint density at radius 3 is 2.73 bits per heavy atom. The molecular formula is C28H25ClN4O2S2. The zero-order valence-corrected chi connectivity index (χ0v) is 22.4. The maximum Gasteiger partial charge on any atom is 0.226 e. The van der Waals surface area contributed by atoms with Gasteiger partial charge >= 0.3 is 0 Å². The first kappa shape index (κ1) is 25.3. The molecule has 2 N–H and O–H groups in total. The highest BCUT2D eigenvalue weighted by atomic mass is 35.5. The van der Waals surface area contributed by atoms with Gasteiger partial charge in [-0.25, -0.2) is 0 Å². The molecule has 1 aliphatic rings. The zero-order chi connectivity index (χ0) is 25.8. The number of amides is 1. The van der Waals surface area contributed by atoms with Crippen molar-refractivity contribution in [2.75, 3.05) is 11.9 Å². The number of carbonyl (C=O) groups excluding carboxylic acids is 1. The first-order valence-electron chi connectivity index (χ1n) is 11.8. The summed E-state index contributed by atoms with van der Waals surface area (Å²) in [4.78, 5) is 20.4. The van der Waals surface area contributed by atoms with E-state index in [0.29, 0.717) is 16.7 Å². The van der Waals surface area contributed by atoms with Crippen LogP contribution in [-0.4, -0.2) is 27.4 Å². The van der Waals surface area contributed by atoms with Crippen molar-refractivity contribution in [3.8, 4) is 0 Å². The third-order valence-electron chi connectivity index (χ3n) is 6.01. The van der Waals surface area contributed by atoms with Crippen molar-refractivity contribution < 1.29 is 9.21 Å². The van der Waals surface area contributed by atoms with Gasteiger partial charge < -0.3 is 20.0 Å². The van der Waals surface area contributed by atoms with Crippen LogP contribution in [0.1, 0.15) is 35.5 Å². The number of hydrogen-bond donors (Lipinski definition) is 2. The first-order chi connectivity index (χ1) is 18.0. The summed E-state index contributed by atoms with van der Waals surface area (Å²) in [5.41, 5.74) is 2.72. The van der Waals surface area contributed by atoms with E-state index in [1.807, 2.05) is 90.7 Å². The molecule has 6 nitrogen and oxygen atoms in total. The van der Waals surface area contributed by atoms with Crippen LogP contribution in [0.15, 0.2) is 99.5 Å². The number of nitrogens with one attached hydrogen (secondary N) is 2. The monoisotopic (exact) mass is 548 g/mol. The van der Waals surface area contributed by atoms with Gasteiger partial charge in [0.25, 0.3) is 0 Å². The van der Waals surface area contributed by atoms with Gasteiger partial charge in [-0.2, -0.15) is 0 Å². The van der Waals surface area contributed by atoms with Crippen molar-refractivity contribution >= 4 is 52.3 Å². The van der Waals surface area contributed by atoms with E-state index in [4.69, 9.17) is 28.2 Å². The molecule has 0 aliphatic carbocycles. The molecule has 9 heteroatoms. The Morgan fingerprint density at radius 2 is 1.97 bits per heavy atom. The molecule has 0 spiro atoms. The summed E-state index contributed by atoms with van der Waals surface area (Å²) in [7, 11) is 0. The molecule has 0 saturated carbocycles. The molecule has 4 aromatic rings. The highest BCUT2D eigenvalue weighted by Gasteiger charge is 2.41. The molecule has 0 bridgehead atoms. The van der Waals surface area contributed by atoms with Crippen molar-refractivity contribution in [1.29, 1.82) is 0 Å². The summed E-state index contributed by atoms with van der Waals surface area (Å²) in [5.74, 6) is 0.672. The molecule has 3 heterocycles. The number of aryl methyl sites for hydroxylation is 1. The molecule has 5 rings (SSSR count). The minimum absolute atomic E-state index is 0.0770. The molecule has 188 valence electrons. The molecule has 1 saturated heterocycles. The number of hydrogen-bond acceptors (Lipinski definition) is 5. The fraction of sp³-hybridized carbons (Fsp3) is 0.179. The fourth-order valence-corrected chi connectivity index (χ4v) is 5.53. The lowest BCUT2D eigenvalue weighted by atomic mass is 10.0. The van der Waals surface area contributed by atoms with Gasteiger partial charge in [-0.1, -0.05) is 41.6 Å². The summed E-state index contributed by atoms with van der Waals surface area (Å²) in [6.07, 6.45) is 2.04. The SMILES string of the molecule is Cc1cccc(NC(=O)CCN2C(=S)N[C@@H](c3ccccn3)[C@H]2c2ccc(Sc3ccc(Cl)cc3)o2)c1. The minimum atomic E-state index is -0.256. The highest BCUT2D eigenvalue weighted by Crippen LogP contribution is 2.41. The Kier molecular flexibility index (Phi) is 7.79. The number of aromatic nitrogens is 1. The predicted octanol–water partition coefficient (Wildman–Crippen LogP) is 6.79. The number of rotatable bonds is 8. The molecule has 2 atom stereocenters. The fourth-order valence-electron chi connectivity index (χ4n) is 4.29. The molecule has 1 aliphatic heterocycles. The molecule has 2 aromatic carbocycles. The van der Waals surface area contributed by atoms with Crippen molar-refractivity contribution in [3.05, 3.63) is 107 Å². The number of carbonyl (C=O) groups is 1. The standard InChI is InChI=1S/C28H25ClN4O2S2/c1-18-5-4-6-20(17-18)31-24(34)14-16-33-27(26(32-28(33)36)22-7-2-3-15-30-22)23-12-13-25(35-23)37-21-10-8-19(29)9-11-21/h2-13,15,17,26-27H,14,16H2,1H3,(H,31,34)(H,32,36)/t26-,27+/m0/s1. The lowest BCUT2D eigenvalue weighted by Crippen LogP contribution is -2.32. The number of nitrogens with zero attached hydrogens (tertiary/aromatic N) is 2. The van der Waals surface area contributed by atoms with Crippen molar-refractivity contribution in [1.82, 2.24) is 15.2 Å². The van der Waals surface area contributed by atoms with Gasteiger partial charge in [0.15, 0.2) is 10.2 Å². The zero-order valence-electron chi connectivity index (χ0n) is 20.1. The average Bonchev–Trinajstić information content (AvgIpc) is 3.48. The van der Waals surface area contributed by atoms with Gasteiger partial charge in [0, 0.05) is 34.8 Å². The predicted molar refractivity (Wildman–Crippen MR) is 151 cm³/mol. The molecule has 0 unspecified atom stereocenters. The Hall–Kier alpha value is -3.33. The molecule has 2 aromatic heterocycles. The lowest BCUT2D eigenvalue weighted by molar-refractivity contribution is -0.116. The van der Waals surface area contributed by atoms with Crippen LogP contribution in [0, 0.1) is 6.92 Å². The number of furan rings is 1. The molecular weight excluding hydrogens is 524 g/mol. The summed E-state index contributed by atoms with van der Waals surface area (Å²) in [6, 6.07) is 24.6. The second-order valence-electron chi connectivity index (χ2n) is 8.70. The Morgan fingerprint density at radius 1 is 1.14 bits per heavy atom. The van der Waals surface area contributed by atoms with Crippen LogP contribution in [0.3, 0.4) is 0 Å². The molecule has 37 heavy (non-hydrogen) atoms. The average molecular weight is 549 g/mol. The van der Waals surface area contributed by atoms with Crippen LogP contribution in [0.4, 0.5) is 5.69 Å². The lowest BCUT2D eigenvalue weighted by Gasteiger charge is -2.25. The summed E-state index contributed by atoms with van der Waals surface area (Å²) in [5, 5.41) is 8.38. The van der Waals surface area contributed by atoms with E-state index in [2.05, 4.69) is 15.6 Å². The van der Waals surface area contributed by atoms with Gasteiger partial charge in [-0.05, 0) is 85.4 Å². The van der Waals surface area contributed by atoms with Crippen molar-refractivity contribution in [3.63, 3.8) is 0 Å². The van der Waals surface area contributed by atoms with Gasteiger partial charge in [-0.3, -0.25) is 9.78 Å². The second-order valence-corrected chi connectivity index (χ2v) is 10.6. The van der Waals surface area contributed by atoms with Gasteiger partial charge in [0.05, 0.1) is 11.7 Å². The van der Waals surface area contributed by atoms with E-state index in [1.54, 1.807) is 6.20 Å².